The molecule has 0 heterocycles. The molecular formula is C15H25NO. The Morgan fingerprint density at radius 2 is 1.94 bits per heavy atom. The molecular weight excluding hydrogens is 210 g/mol. The fraction of sp³-hybridized carbons (Fsp3) is 0.600. The molecule has 0 radical (unpaired) electrons. The summed E-state index contributed by atoms with van der Waals surface area (Å²) in [5.41, 5.74) is 8.42. The molecule has 0 aliphatic carbocycles. The summed E-state index contributed by atoms with van der Waals surface area (Å²) in [7, 11) is 0. The second-order valence-electron chi connectivity index (χ2n) is 5.06. The second kappa shape index (κ2) is 6.65. The highest BCUT2D eigenvalue weighted by atomic mass is 16.5. The van der Waals surface area contributed by atoms with E-state index in [1.54, 1.807) is 0 Å². The number of benzene rings is 1. The van der Waals surface area contributed by atoms with Crippen LogP contribution in [0.2, 0.25) is 0 Å². The van der Waals surface area contributed by atoms with Crippen molar-refractivity contribution < 1.29 is 4.74 Å². The number of rotatable bonds is 6. The van der Waals surface area contributed by atoms with Crippen LogP contribution in [-0.2, 0) is 6.42 Å². The van der Waals surface area contributed by atoms with Crippen molar-refractivity contribution in [3.63, 3.8) is 0 Å². The first-order valence-corrected chi connectivity index (χ1v) is 6.55. The van der Waals surface area contributed by atoms with Gasteiger partial charge in [-0.05, 0) is 42.9 Å². The van der Waals surface area contributed by atoms with Gasteiger partial charge in [0.1, 0.15) is 5.75 Å². The molecule has 1 atom stereocenters. The lowest BCUT2D eigenvalue weighted by Crippen LogP contribution is -2.17. The van der Waals surface area contributed by atoms with Crippen molar-refractivity contribution in [3.8, 4) is 5.75 Å². The summed E-state index contributed by atoms with van der Waals surface area (Å²) in [5, 5.41) is 0. The fourth-order valence-electron chi connectivity index (χ4n) is 1.89. The Labute approximate surface area is 105 Å². The van der Waals surface area contributed by atoms with E-state index in [0.717, 1.165) is 25.2 Å². The zero-order valence-electron chi connectivity index (χ0n) is 11.5. The summed E-state index contributed by atoms with van der Waals surface area (Å²) < 4.78 is 5.78. The molecule has 96 valence electrons. The molecule has 1 aromatic carbocycles. The fourth-order valence-corrected chi connectivity index (χ4v) is 1.89. The van der Waals surface area contributed by atoms with Gasteiger partial charge in [0.25, 0.3) is 0 Å². The SMILES string of the molecule is CCCOc1ccc(CC(C)N)cc1C(C)C. The largest absolute Gasteiger partial charge is 0.493 e. The van der Waals surface area contributed by atoms with Gasteiger partial charge in [-0.2, -0.15) is 0 Å². The van der Waals surface area contributed by atoms with Crippen LogP contribution >= 0.6 is 0 Å². The molecule has 0 spiro atoms. The minimum atomic E-state index is 0.206. The molecule has 2 heteroatoms. The van der Waals surface area contributed by atoms with Crippen molar-refractivity contribution >= 4 is 0 Å². The molecule has 0 saturated carbocycles. The number of hydrogen-bond donors (Lipinski definition) is 1. The molecule has 0 amide bonds. The minimum absolute atomic E-state index is 0.206. The van der Waals surface area contributed by atoms with E-state index < -0.39 is 0 Å². The molecule has 0 aliphatic heterocycles. The third-order valence-corrected chi connectivity index (χ3v) is 2.72. The van der Waals surface area contributed by atoms with Gasteiger partial charge in [0, 0.05) is 6.04 Å². The van der Waals surface area contributed by atoms with Gasteiger partial charge >= 0.3 is 0 Å². The zero-order valence-corrected chi connectivity index (χ0v) is 11.5. The average Bonchev–Trinajstić information content (AvgIpc) is 2.26. The minimum Gasteiger partial charge on any atom is -0.493 e. The van der Waals surface area contributed by atoms with E-state index in [9.17, 15) is 0 Å². The third kappa shape index (κ3) is 4.39. The zero-order chi connectivity index (χ0) is 12.8. The maximum Gasteiger partial charge on any atom is 0.122 e. The van der Waals surface area contributed by atoms with Crippen molar-refractivity contribution in [1.29, 1.82) is 0 Å². The molecule has 1 unspecified atom stereocenters. The monoisotopic (exact) mass is 235 g/mol. The summed E-state index contributed by atoms with van der Waals surface area (Å²) >= 11 is 0. The summed E-state index contributed by atoms with van der Waals surface area (Å²) in [5.74, 6) is 1.50. The van der Waals surface area contributed by atoms with Crippen LogP contribution in [0.5, 0.6) is 5.75 Å². The summed E-state index contributed by atoms with van der Waals surface area (Å²) in [6.07, 6.45) is 1.97. The van der Waals surface area contributed by atoms with Crippen molar-refractivity contribution in [2.45, 2.75) is 52.5 Å². The topological polar surface area (TPSA) is 35.2 Å². The number of ether oxygens (including phenoxy) is 1. The van der Waals surface area contributed by atoms with E-state index in [0.29, 0.717) is 5.92 Å². The van der Waals surface area contributed by atoms with Crippen LogP contribution in [0.3, 0.4) is 0 Å². The van der Waals surface area contributed by atoms with E-state index in [1.165, 1.54) is 11.1 Å². The highest BCUT2D eigenvalue weighted by Gasteiger charge is 2.09. The molecule has 17 heavy (non-hydrogen) atoms. The van der Waals surface area contributed by atoms with Gasteiger partial charge in [0.15, 0.2) is 0 Å². The molecule has 0 bridgehead atoms. The summed E-state index contributed by atoms with van der Waals surface area (Å²) in [6.45, 7) is 9.34. The Kier molecular flexibility index (Phi) is 5.49. The highest BCUT2D eigenvalue weighted by Crippen LogP contribution is 2.28. The van der Waals surface area contributed by atoms with E-state index >= 15 is 0 Å². The van der Waals surface area contributed by atoms with Crippen LogP contribution in [0.1, 0.15) is 51.2 Å². The smallest absolute Gasteiger partial charge is 0.122 e. The maximum absolute atomic E-state index is 5.84. The van der Waals surface area contributed by atoms with Crippen LogP contribution in [0.25, 0.3) is 0 Å². The van der Waals surface area contributed by atoms with Gasteiger partial charge < -0.3 is 10.5 Å². The van der Waals surface area contributed by atoms with E-state index in [-0.39, 0.29) is 6.04 Å². The Bertz CT molecular complexity index is 345. The first kappa shape index (κ1) is 14.0. The molecule has 0 aromatic heterocycles. The lowest BCUT2D eigenvalue weighted by molar-refractivity contribution is 0.313. The van der Waals surface area contributed by atoms with E-state index in [2.05, 4.69) is 39.0 Å². The summed E-state index contributed by atoms with van der Waals surface area (Å²) in [4.78, 5) is 0. The van der Waals surface area contributed by atoms with Crippen molar-refractivity contribution in [3.05, 3.63) is 29.3 Å². The first-order chi connectivity index (χ1) is 8.04. The second-order valence-corrected chi connectivity index (χ2v) is 5.06. The van der Waals surface area contributed by atoms with Crippen molar-refractivity contribution in [2.75, 3.05) is 6.61 Å². The highest BCUT2D eigenvalue weighted by molar-refractivity contribution is 5.39. The van der Waals surface area contributed by atoms with Crippen LogP contribution < -0.4 is 10.5 Å². The molecule has 0 fully saturated rings. The van der Waals surface area contributed by atoms with Gasteiger partial charge in [-0.1, -0.05) is 32.9 Å². The lowest BCUT2D eigenvalue weighted by Gasteiger charge is -2.16. The van der Waals surface area contributed by atoms with Gasteiger partial charge in [0.2, 0.25) is 0 Å². The molecule has 2 nitrogen and oxygen atoms in total. The predicted octanol–water partition coefficient (Wildman–Crippen LogP) is 3.49. The Morgan fingerprint density at radius 3 is 2.47 bits per heavy atom. The van der Waals surface area contributed by atoms with Gasteiger partial charge in [-0.25, -0.2) is 0 Å². The molecule has 1 aromatic rings. The molecule has 2 N–H and O–H groups in total. The normalized spacial score (nSPS) is 12.8. The van der Waals surface area contributed by atoms with Gasteiger partial charge in [0.05, 0.1) is 6.61 Å². The quantitative estimate of drug-likeness (QED) is 0.819. The standard InChI is InChI=1S/C15H25NO/c1-5-8-17-15-7-6-13(9-12(4)16)10-14(15)11(2)3/h6-7,10-12H,5,8-9,16H2,1-4H3. The van der Waals surface area contributed by atoms with Crippen LogP contribution in [0.15, 0.2) is 18.2 Å². The number of nitrogens with two attached hydrogens (primary N) is 1. The Hall–Kier alpha value is -1.02. The number of hydrogen-bond acceptors (Lipinski definition) is 2. The van der Waals surface area contributed by atoms with Crippen LogP contribution in [0.4, 0.5) is 0 Å². The van der Waals surface area contributed by atoms with Crippen LogP contribution in [0, 0.1) is 0 Å². The Morgan fingerprint density at radius 1 is 1.24 bits per heavy atom. The summed E-state index contributed by atoms with van der Waals surface area (Å²) in [6, 6.07) is 6.65. The third-order valence-electron chi connectivity index (χ3n) is 2.72. The van der Waals surface area contributed by atoms with Crippen LogP contribution in [-0.4, -0.2) is 12.6 Å². The van der Waals surface area contributed by atoms with E-state index in [4.69, 9.17) is 10.5 Å². The van der Waals surface area contributed by atoms with Gasteiger partial charge in [-0.15, -0.1) is 0 Å². The lowest BCUT2D eigenvalue weighted by atomic mass is 9.97. The van der Waals surface area contributed by atoms with Crippen molar-refractivity contribution in [1.82, 2.24) is 0 Å². The Balaban J connectivity index is 2.91. The van der Waals surface area contributed by atoms with E-state index in [1.807, 2.05) is 6.92 Å². The molecule has 1 rings (SSSR count). The molecule has 0 saturated heterocycles. The maximum atomic E-state index is 5.84. The van der Waals surface area contributed by atoms with Crippen molar-refractivity contribution in [2.24, 2.45) is 5.73 Å². The molecule has 0 aliphatic rings. The predicted molar refractivity (Wildman–Crippen MR) is 73.7 cm³/mol. The van der Waals surface area contributed by atoms with Gasteiger partial charge in [-0.3, -0.25) is 0 Å². The average molecular weight is 235 g/mol. The first-order valence-electron chi connectivity index (χ1n) is 6.55.